The molecule has 0 radical (unpaired) electrons. The normalized spacial score (nSPS) is 12.2. The quantitative estimate of drug-likeness (QED) is 0.448. The van der Waals surface area contributed by atoms with Gasteiger partial charge >= 0.3 is 11.7 Å². The van der Waals surface area contributed by atoms with Crippen molar-refractivity contribution < 1.29 is 14.5 Å². The molecule has 0 amide bonds. The molecule has 1 aromatic heterocycles. The van der Waals surface area contributed by atoms with E-state index in [1.165, 1.54) is 4.68 Å². The molecule has 0 bridgehead atoms. The molecule has 1 heterocycles. The fourth-order valence-electron chi connectivity index (χ4n) is 1.97. The fourth-order valence-corrected chi connectivity index (χ4v) is 1.97. The fraction of sp³-hybridized carbons (Fsp3) is 0.667. The maximum atomic E-state index is 11.7. The summed E-state index contributed by atoms with van der Waals surface area (Å²) in [7, 11) is 0. The zero-order valence-corrected chi connectivity index (χ0v) is 11.7. The third kappa shape index (κ3) is 2.91. The molecule has 106 valence electrons. The van der Waals surface area contributed by atoms with Gasteiger partial charge in [-0.05, 0) is 26.7 Å². The van der Waals surface area contributed by atoms with Crippen LogP contribution in [-0.4, -0.2) is 27.3 Å². The number of hydrogen-bond donors (Lipinski definition) is 0. The molecule has 0 spiro atoms. The Bertz CT molecular complexity index is 482. The van der Waals surface area contributed by atoms with Crippen LogP contribution < -0.4 is 0 Å². The minimum absolute atomic E-state index is 0.0150. The molecule has 19 heavy (non-hydrogen) atoms. The summed E-state index contributed by atoms with van der Waals surface area (Å²) in [5, 5.41) is 15.3. The van der Waals surface area contributed by atoms with Crippen LogP contribution in [-0.2, 0) is 22.4 Å². The second-order valence-electron chi connectivity index (χ2n) is 4.08. The first-order valence-corrected chi connectivity index (χ1v) is 6.39. The second kappa shape index (κ2) is 6.31. The third-order valence-corrected chi connectivity index (χ3v) is 2.90. The summed E-state index contributed by atoms with van der Waals surface area (Å²) in [5.41, 5.74) is 0.876. The minimum atomic E-state index is -0.658. The highest BCUT2D eigenvalue weighted by molar-refractivity contribution is 5.74. The van der Waals surface area contributed by atoms with Crippen molar-refractivity contribution >= 4 is 11.7 Å². The van der Waals surface area contributed by atoms with Crippen LogP contribution in [0.15, 0.2) is 0 Å². The number of aryl methyl sites for hydroxylation is 1. The molecule has 7 heteroatoms. The number of hydrogen-bond acceptors (Lipinski definition) is 5. The molecule has 0 aliphatic heterocycles. The zero-order valence-electron chi connectivity index (χ0n) is 11.7. The van der Waals surface area contributed by atoms with E-state index in [1.807, 2.05) is 0 Å². The number of rotatable bonds is 6. The van der Waals surface area contributed by atoms with Crippen LogP contribution in [0.5, 0.6) is 0 Å². The molecule has 1 unspecified atom stereocenters. The van der Waals surface area contributed by atoms with Crippen LogP contribution in [0.25, 0.3) is 0 Å². The van der Waals surface area contributed by atoms with E-state index in [2.05, 4.69) is 5.10 Å². The first-order valence-electron chi connectivity index (χ1n) is 6.39. The zero-order chi connectivity index (χ0) is 14.6. The standard InChI is InChI=1S/C12H19N3O4/c1-5-9-11(15(17)18)10(6-2)14(13-9)8(4)12(16)19-7-3/h8H,5-7H2,1-4H3. The van der Waals surface area contributed by atoms with E-state index >= 15 is 0 Å². The van der Waals surface area contributed by atoms with E-state index in [1.54, 1.807) is 27.7 Å². The summed E-state index contributed by atoms with van der Waals surface area (Å²) >= 11 is 0. The first-order chi connectivity index (χ1) is 8.97. The van der Waals surface area contributed by atoms with Crippen molar-refractivity contribution in [2.24, 2.45) is 0 Å². The lowest BCUT2D eigenvalue weighted by atomic mass is 10.2. The summed E-state index contributed by atoms with van der Waals surface area (Å²) < 4.78 is 6.34. The molecule has 0 fully saturated rings. The number of aromatic nitrogens is 2. The van der Waals surface area contributed by atoms with E-state index in [4.69, 9.17) is 4.74 Å². The topological polar surface area (TPSA) is 87.3 Å². The summed E-state index contributed by atoms with van der Waals surface area (Å²) in [6, 6.07) is -0.658. The van der Waals surface area contributed by atoms with Gasteiger partial charge in [-0.2, -0.15) is 5.10 Å². The van der Waals surface area contributed by atoms with E-state index < -0.39 is 16.9 Å². The smallest absolute Gasteiger partial charge is 0.330 e. The second-order valence-corrected chi connectivity index (χ2v) is 4.08. The molecule has 7 nitrogen and oxygen atoms in total. The molecule has 0 aliphatic carbocycles. The number of ether oxygens (including phenoxy) is 1. The van der Waals surface area contributed by atoms with E-state index in [-0.39, 0.29) is 12.3 Å². The van der Waals surface area contributed by atoms with Gasteiger partial charge in [-0.3, -0.25) is 10.1 Å². The van der Waals surface area contributed by atoms with Gasteiger partial charge in [0.1, 0.15) is 17.4 Å². The maximum absolute atomic E-state index is 11.7. The van der Waals surface area contributed by atoms with Crippen molar-refractivity contribution in [3.05, 3.63) is 21.5 Å². The van der Waals surface area contributed by atoms with Gasteiger partial charge in [0.2, 0.25) is 0 Å². The highest BCUT2D eigenvalue weighted by Gasteiger charge is 2.30. The van der Waals surface area contributed by atoms with Gasteiger partial charge in [-0.25, -0.2) is 9.48 Å². The van der Waals surface area contributed by atoms with Crippen LogP contribution in [0.3, 0.4) is 0 Å². The highest BCUT2D eigenvalue weighted by Crippen LogP contribution is 2.27. The molecule has 1 rings (SSSR count). The lowest BCUT2D eigenvalue weighted by molar-refractivity contribution is -0.386. The average molecular weight is 269 g/mol. The van der Waals surface area contributed by atoms with Crippen molar-refractivity contribution in [1.29, 1.82) is 0 Å². The molecular weight excluding hydrogens is 250 g/mol. The molecule has 0 N–H and O–H groups in total. The van der Waals surface area contributed by atoms with E-state index in [0.717, 1.165) is 0 Å². The Morgan fingerprint density at radius 1 is 1.42 bits per heavy atom. The van der Waals surface area contributed by atoms with Gasteiger partial charge in [0.25, 0.3) is 0 Å². The summed E-state index contributed by atoms with van der Waals surface area (Å²) in [5.74, 6) is -0.433. The molecule has 0 aliphatic rings. The van der Waals surface area contributed by atoms with Crippen LogP contribution in [0, 0.1) is 10.1 Å². The lowest BCUT2D eigenvalue weighted by Crippen LogP contribution is -2.22. The SMILES string of the molecule is CCOC(=O)C(C)n1nc(CC)c([N+](=O)[O-])c1CC. The molecule has 0 aromatic carbocycles. The van der Waals surface area contributed by atoms with Crippen LogP contribution in [0.1, 0.15) is 45.1 Å². The predicted octanol–water partition coefficient (Wildman–Crippen LogP) is 2.04. The average Bonchev–Trinajstić information content (AvgIpc) is 2.76. The summed E-state index contributed by atoms with van der Waals surface area (Å²) in [6.45, 7) is 7.22. The van der Waals surface area contributed by atoms with Crippen LogP contribution >= 0.6 is 0 Å². The van der Waals surface area contributed by atoms with Crippen molar-refractivity contribution in [3.63, 3.8) is 0 Å². The number of carbonyl (C=O) groups is 1. The number of nitrogens with zero attached hydrogens (tertiary/aromatic N) is 3. The maximum Gasteiger partial charge on any atom is 0.330 e. The van der Waals surface area contributed by atoms with Crippen molar-refractivity contribution in [3.8, 4) is 0 Å². The molecule has 1 aromatic rings. The van der Waals surface area contributed by atoms with Gasteiger partial charge in [0.05, 0.1) is 11.5 Å². The molecular formula is C12H19N3O4. The Hall–Kier alpha value is -1.92. The van der Waals surface area contributed by atoms with Gasteiger partial charge in [-0.1, -0.05) is 13.8 Å². The highest BCUT2D eigenvalue weighted by atomic mass is 16.6. The predicted molar refractivity (Wildman–Crippen MR) is 69.0 cm³/mol. The minimum Gasteiger partial charge on any atom is -0.464 e. The molecule has 0 saturated heterocycles. The largest absolute Gasteiger partial charge is 0.464 e. The Kier molecular flexibility index (Phi) is 5.02. The summed E-state index contributed by atoms with van der Waals surface area (Å²) in [6.07, 6.45) is 0.888. The third-order valence-electron chi connectivity index (χ3n) is 2.90. The monoisotopic (exact) mass is 269 g/mol. The van der Waals surface area contributed by atoms with Crippen LogP contribution in [0.4, 0.5) is 5.69 Å². The van der Waals surface area contributed by atoms with E-state index in [0.29, 0.717) is 24.2 Å². The number of carbonyl (C=O) groups excluding carboxylic acids is 1. The van der Waals surface area contributed by atoms with Crippen LogP contribution in [0.2, 0.25) is 0 Å². The van der Waals surface area contributed by atoms with Gasteiger partial charge < -0.3 is 4.74 Å². The Morgan fingerprint density at radius 3 is 2.47 bits per heavy atom. The Labute approximate surface area is 111 Å². The van der Waals surface area contributed by atoms with E-state index in [9.17, 15) is 14.9 Å². The number of esters is 1. The van der Waals surface area contributed by atoms with Crippen molar-refractivity contribution in [2.75, 3.05) is 6.61 Å². The molecule has 1 atom stereocenters. The number of nitro groups is 1. The van der Waals surface area contributed by atoms with Crippen molar-refractivity contribution in [2.45, 2.75) is 46.6 Å². The summed E-state index contributed by atoms with van der Waals surface area (Å²) in [4.78, 5) is 22.4. The lowest BCUT2D eigenvalue weighted by Gasteiger charge is -2.12. The van der Waals surface area contributed by atoms with Gasteiger partial charge in [0.15, 0.2) is 0 Å². The van der Waals surface area contributed by atoms with Gasteiger partial charge in [-0.15, -0.1) is 0 Å². The van der Waals surface area contributed by atoms with Crippen molar-refractivity contribution in [1.82, 2.24) is 9.78 Å². The first kappa shape index (κ1) is 15.1. The molecule has 0 saturated carbocycles. The Balaban J connectivity index is 3.28. The Morgan fingerprint density at radius 2 is 2.05 bits per heavy atom. The van der Waals surface area contributed by atoms with Gasteiger partial charge in [0, 0.05) is 0 Å².